The SMILES string of the molecule is CC(C)C[C@@H](NC(=O)CSCc1cccs1)C(=O)O. The number of carboxylic acids is 1. The van der Waals surface area contributed by atoms with Crippen molar-refractivity contribution < 1.29 is 14.7 Å². The van der Waals surface area contributed by atoms with Crippen molar-refractivity contribution >= 4 is 35.0 Å². The van der Waals surface area contributed by atoms with Crippen LogP contribution in [0.1, 0.15) is 25.1 Å². The molecule has 1 atom stereocenters. The van der Waals surface area contributed by atoms with Crippen molar-refractivity contribution in [2.45, 2.75) is 32.1 Å². The van der Waals surface area contributed by atoms with E-state index in [0.29, 0.717) is 12.2 Å². The van der Waals surface area contributed by atoms with Crippen LogP contribution < -0.4 is 5.32 Å². The summed E-state index contributed by atoms with van der Waals surface area (Å²) < 4.78 is 0. The average molecular weight is 301 g/mol. The number of hydrogen-bond acceptors (Lipinski definition) is 4. The molecule has 0 unspecified atom stereocenters. The lowest BCUT2D eigenvalue weighted by atomic mass is 10.0. The number of hydrogen-bond donors (Lipinski definition) is 2. The third kappa shape index (κ3) is 6.63. The lowest BCUT2D eigenvalue weighted by Gasteiger charge is -2.16. The smallest absolute Gasteiger partial charge is 0.326 e. The van der Waals surface area contributed by atoms with Crippen molar-refractivity contribution in [2.75, 3.05) is 5.75 Å². The van der Waals surface area contributed by atoms with Crippen LogP contribution in [0.5, 0.6) is 0 Å². The van der Waals surface area contributed by atoms with E-state index in [1.165, 1.54) is 16.6 Å². The zero-order valence-electron chi connectivity index (χ0n) is 11.1. The quantitative estimate of drug-likeness (QED) is 0.774. The van der Waals surface area contributed by atoms with Crippen LogP contribution in [0, 0.1) is 5.92 Å². The van der Waals surface area contributed by atoms with Crippen LogP contribution in [0.25, 0.3) is 0 Å². The Morgan fingerprint density at radius 2 is 2.21 bits per heavy atom. The second kappa shape index (κ2) is 8.22. The van der Waals surface area contributed by atoms with Crippen molar-refractivity contribution in [2.24, 2.45) is 5.92 Å². The molecule has 0 saturated carbocycles. The molecule has 1 aromatic rings. The molecule has 0 saturated heterocycles. The van der Waals surface area contributed by atoms with Gasteiger partial charge in [0.1, 0.15) is 6.04 Å². The van der Waals surface area contributed by atoms with Gasteiger partial charge in [0.15, 0.2) is 0 Å². The standard InChI is InChI=1S/C13H19NO3S2/c1-9(2)6-11(13(16)17)14-12(15)8-18-7-10-4-3-5-19-10/h3-5,9,11H,6-8H2,1-2H3,(H,14,15)(H,16,17)/t11-/m1/s1. The highest BCUT2D eigenvalue weighted by atomic mass is 32.2. The van der Waals surface area contributed by atoms with Crippen LogP contribution in [0.15, 0.2) is 17.5 Å². The topological polar surface area (TPSA) is 66.4 Å². The van der Waals surface area contributed by atoms with Crippen LogP contribution in [-0.4, -0.2) is 28.8 Å². The number of thiophene rings is 1. The maximum Gasteiger partial charge on any atom is 0.326 e. The van der Waals surface area contributed by atoms with E-state index in [0.717, 1.165) is 5.75 Å². The van der Waals surface area contributed by atoms with Gasteiger partial charge in [0.2, 0.25) is 5.91 Å². The van der Waals surface area contributed by atoms with E-state index in [1.54, 1.807) is 11.3 Å². The van der Waals surface area contributed by atoms with Crippen LogP contribution in [0.2, 0.25) is 0 Å². The number of nitrogens with one attached hydrogen (secondary N) is 1. The second-order valence-electron chi connectivity index (χ2n) is 4.66. The highest BCUT2D eigenvalue weighted by molar-refractivity contribution is 7.99. The van der Waals surface area contributed by atoms with Gasteiger partial charge in [0.05, 0.1) is 5.75 Å². The van der Waals surface area contributed by atoms with Crippen molar-refractivity contribution in [3.63, 3.8) is 0 Å². The Balaban J connectivity index is 2.30. The fourth-order valence-corrected chi connectivity index (χ4v) is 3.25. The van der Waals surface area contributed by atoms with Crippen LogP contribution in [0.4, 0.5) is 0 Å². The molecule has 0 fully saturated rings. The Kier molecular flexibility index (Phi) is 6.94. The summed E-state index contributed by atoms with van der Waals surface area (Å²) in [6.07, 6.45) is 0.455. The maximum absolute atomic E-state index is 11.7. The fraction of sp³-hybridized carbons (Fsp3) is 0.538. The Labute approximate surface area is 121 Å². The molecule has 0 aliphatic rings. The van der Waals surface area contributed by atoms with Crippen molar-refractivity contribution in [1.82, 2.24) is 5.32 Å². The molecular formula is C13H19NO3S2. The monoisotopic (exact) mass is 301 g/mol. The normalized spacial score (nSPS) is 12.4. The summed E-state index contributed by atoms with van der Waals surface area (Å²) in [6.45, 7) is 3.88. The van der Waals surface area contributed by atoms with E-state index in [-0.39, 0.29) is 11.8 Å². The molecule has 1 aromatic heterocycles. The van der Waals surface area contributed by atoms with E-state index in [1.807, 2.05) is 31.4 Å². The van der Waals surface area contributed by atoms with E-state index < -0.39 is 12.0 Å². The van der Waals surface area contributed by atoms with Gasteiger partial charge in [-0.1, -0.05) is 19.9 Å². The largest absolute Gasteiger partial charge is 0.480 e. The Hall–Kier alpha value is -1.01. The Bertz CT molecular complexity index is 404. The molecule has 2 N–H and O–H groups in total. The molecule has 0 aliphatic heterocycles. The van der Waals surface area contributed by atoms with Gasteiger partial charge in [-0.05, 0) is 23.8 Å². The number of carbonyl (C=O) groups is 2. The third-order valence-corrected chi connectivity index (χ3v) is 4.44. The Morgan fingerprint density at radius 3 is 2.74 bits per heavy atom. The summed E-state index contributed by atoms with van der Waals surface area (Å²) in [5.41, 5.74) is 0. The van der Waals surface area contributed by atoms with Crippen molar-refractivity contribution in [3.05, 3.63) is 22.4 Å². The molecule has 1 heterocycles. The van der Waals surface area contributed by atoms with Gasteiger partial charge in [0, 0.05) is 10.6 Å². The molecule has 6 heteroatoms. The first-order valence-electron chi connectivity index (χ1n) is 6.11. The summed E-state index contributed by atoms with van der Waals surface area (Å²) in [5.74, 6) is 0.132. The number of amides is 1. The first-order valence-corrected chi connectivity index (χ1v) is 8.14. The highest BCUT2D eigenvalue weighted by Crippen LogP contribution is 2.16. The molecule has 19 heavy (non-hydrogen) atoms. The van der Waals surface area contributed by atoms with Gasteiger partial charge >= 0.3 is 5.97 Å². The van der Waals surface area contributed by atoms with E-state index in [9.17, 15) is 9.59 Å². The number of rotatable bonds is 8. The zero-order chi connectivity index (χ0) is 14.3. The van der Waals surface area contributed by atoms with Crippen molar-refractivity contribution in [3.8, 4) is 0 Å². The predicted molar refractivity (Wildman–Crippen MR) is 79.5 cm³/mol. The number of thioether (sulfide) groups is 1. The average Bonchev–Trinajstić information content (AvgIpc) is 2.80. The minimum Gasteiger partial charge on any atom is -0.480 e. The van der Waals surface area contributed by atoms with Gasteiger partial charge in [-0.3, -0.25) is 4.79 Å². The van der Waals surface area contributed by atoms with E-state index in [2.05, 4.69) is 5.32 Å². The predicted octanol–water partition coefficient (Wildman–Crippen LogP) is 2.60. The van der Waals surface area contributed by atoms with Crippen LogP contribution in [0.3, 0.4) is 0 Å². The van der Waals surface area contributed by atoms with Gasteiger partial charge < -0.3 is 10.4 Å². The molecule has 106 valence electrons. The lowest BCUT2D eigenvalue weighted by molar-refractivity contribution is -0.141. The molecular weight excluding hydrogens is 282 g/mol. The molecule has 0 spiro atoms. The van der Waals surface area contributed by atoms with Crippen LogP contribution >= 0.6 is 23.1 Å². The molecule has 1 amide bonds. The third-order valence-electron chi connectivity index (χ3n) is 2.40. The van der Waals surface area contributed by atoms with Gasteiger partial charge in [-0.15, -0.1) is 23.1 Å². The first-order chi connectivity index (χ1) is 8.99. The first kappa shape index (κ1) is 16.0. The number of aliphatic carboxylic acids is 1. The summed E-state index contributed by atoms with van der Waals surface area (Å²) in [6, 6.07) is 3.22. The zero-order valence-corrected chi connectivity index (χ0v) is 12.7. The molecule has 0 radical (unpaired) electrons. The van der Waals surface area contributed by atoms with Gasteiger partial charge in [0.25, 0.3) is 0 Å². The van der Waals surface area contributed by atoms with Crippen LogP contribution in [-0.2, 0) is 15.3 Å². The van der Waals surface area contributed by atoms with E-state index >= 15 is 0 Å². The summed E-state index contributed by atoms with van der Waals surface area (Å²) in [7, 11) is 0. The van der Waals surface area contributed by atoms with Crippen molar-refractivity contribution in [1.29, 1.82) is 0 Å². The lowest BCUT2D eigenvalue weighted by Crippen LogP contribution is -2.42. The molecule has 0 aromatic carbocycles. The molecule has 4 nitrogen and oxygen atoms in total. The van der Waals surface area contributed by atoms with E-state index in [4.69, 9.17) is 5.11 Å². The Morgan fingerprint density at radius 1 is 1.47 bits per heavy atom. The van der Waals surface area contributed by atoms with Gasteiger partial charge in [-0.2, -0.15) is 0 Å². The maximum atomic E-state index is 11.7. The molecule has 0 aliphatic carbocycles. The molecule has 0 bridgehead atoms. The van der Waals surface area contributed by atoms with Gasteiger partial charge in [-0.25, -0.2) is 4.79 Å². The number of carbonyl (C=O) groups excluding carboxylic acids is 1. The summed E-state index contributed by atoms with van der Waals surface area (Å²) in [5, 5.41) is 13.6. The summed E-state index contributed by atoms with van der Waals surface area (Å²) >= 11 is 3.15. The fourth-order valence-electron chi connectivity index (χ4n) is 1.57. The molecule has 1 rings (SSSR count). The highest BCUT2D eigenvalue weighted by Gasteiger charge is 2.20. The number of carboxylic acid groups (broad SMARTS) is 1. The minimum absolute atomic E-state index is 0.213. The second-order valence-corrected chi connectivity index (χ2v) is 6.68. The minimum atomic E-state index is -0.967. The summed E-state index contributed by atoms with van der Waals surface area (Å²) in [4.78, 5) is 23.9.